The molecule has 20 heavy (non-hydrogen) atoms. The van der Waals surface area contributed by atoms with E-state index >= 15 is 0 Å². The molecule has 1 aromatic rings. The fraction of sp³-hybridized carbons (Fsp3) is 0.571. The molecule has 1 N–H and O–H groups in total. The first-order valence-electron chi connectivity index (χ1n) is 6.39. The molecular weight excluding hydrogens is 293 g/mol. The molecule has 6 heteroatoms. The number of halogens is 4. The fourth-order valence-corrected chi connectivity index (χ4v) is 2.86. The minimum absolute atomic E-state index is 0.0645. The second kappa shape index (κ2) is 5.45. The maximum Gasteiger partial charge on any atom is 0.391 e. The topological polar surface area (TPSA) is 29.5 Å². The summed E-state index contributed by atoms with van der Waals surface area (Å²) < 4.78 is 43.0. The zero-order valence-corrected chi connectivity index (χ0v) is 11.8. The quantitative estimate of drug-likeness (QED) is 0.883. The second-order valence-electron chi connectivity index (χ2n) is 5.20. The van der Waals surface area contributed by atoms with Crippen molar-refractivity contribution in [2.24, 2.45) is 5.92 Å². The Hall–Kier alpha value is -0.940. The van der Waals surface area contributed by atoms with Gasteiger partial charge in [0.25, 0.3) is 0 Å². The number of methoxy groups -OCH3 is 1. The summed E-state index contributed by atoms with van der Waals surface area (Å²) in [5.41, 5.74) is -0.682. The van der Waals surface area contributed by atoms with Crippen molar-refractivity contribution >= 4 is 11.6 Å². The van der Waals surface area contributed by atoms with Gasteiger partial charge in [0.2, 0.25) is 0 Å². The number of ether oxygens (including phenoxy) is 1. The number of alkyl halides is 3. The van der Waals surface area contributed by atoms with Crippen LogP contribution >= 0.6 is 11.6 Å². The lowest BCUT2D eigenvalue weighted by atomic mass is 9.75. The van der Waals surface area contributed by atoms with Crippen molar-refractivity contribution in [2.45, 2.75) is 37.5 Å². The zero-order chi connectivity index (χ0) is 15.0. The normalized spacial score (nSPS) is 27.4. The lowest BCUT2D eigenvalue weighted by Crippen LogP contribution is -2.36. The molecule has 0 aromatic heterocycles. The molecule has 0 amide bonds. The van der Waals surface area contributed by atoms with Gasteiger partial charge in [-0.15, -0.1) is 0 Å². The van der Waals surface area contributed by atoms with Crippen LogP contribution in [0.5, 0.6) is 5.75 Å². The van der Waals surface area contributed by atoms with Crippen LogP contribution in [0.25, 0.3) is 0 Å². The van der Waals surface area contributed by atoms with Crippen LogP contribution in [0.1, 0.15) is 31.2 Å². The van der Waals surface area contributed by atoms with E-state index in [1.807, 2.05) is 0 Å². The molecule has 112 valence electrons. The highest BCUT2D eigenvalue weighted by Crippen LogP contribution is 2.46. The average Bonchev–Trinajstić information content (AvgIpc) is 2.38. The van der Waals surface area contributed by atoms with Crippen LogP contribution in [0, 0.1) is 5.92 Å². The number of rotatable bonds is 2. The summed E-state index contributed by atoms with van der Waals surface area (Å²) in [5, 5.41) is 11.0. The average molecular weight is 309 g/mol. The van der Waals surface area contributed by atoms with Crippen molar-refractivity contribution < 1.29 is 23.0 Å². The number of hydrogen-bond donors (Lipinski definition) is 1. The maximum atomic E-state index is 12.6. The monoisotopic (exact) mass is 308 g/mol. The van der Waals surface area contributed by atoms with Gasteiger partial charge in [0.1, 0.15) is 5.75 Å². The number of aliphatic hydroxyl groups is 1. The Bertz CT molecular complexity index is 480. The number of benzene rings is 1. The van der Waals surface area contributed by atoms with E-state index in [-0.39, 0.29) is 25.7 Å². The summed E-state index contributed by atoms with van der Waals surface area (Å²) in [7, 11) is 1.45. The first kappa shape index (κ1) is 15.4. The molecule has 2 rings (SSSR count). The summed E-state index contributed by atoms with van der Waals surface area (Å²) in [6.45, 7) is 0. The minimum Gasteiger partial charge on any atom is -0.495 e. The van der Waals surface area contributed by atoms with Gasteiger partial charge in [0.05, 0.1) is 23.7 Å². The summed E-state index contributed by atoms with van der Waals surface area (Å²) in [4.78, 5) is 0. The molecule has 0 aliphatic heterocycles. The van der Waals surface area contributed by atoms with E-state index in [2.05, 4.69) is 0 Å². The first-order chi connectivity index (χ1) is 9.26. The Morgan fingerprint density at radius 1 is 1.30 bits per heavy atom. The Morgan fingerprint density at radius 3 is 2.40 bits per heavy atom. The van der Waals surface area contributed by atoms with Crippen LogP contribution in [0.2, 0.25) is 5.02 Å². The molecule has 1 aromatic carbocycles. The van der Waals surface area contributed by atoms with E-state index in [4.69, 9.17) is 16.3 Å². The molecule has 0 saturated heterocycles. The lowest BCUT2D eigenvalue weighted by molar-refractivity contribution is -0.193. The van der Waals surface area contributed by atoms with Gasteiger partial charge >= 0.3 is 6.18 Å². The second-order valence-corrected chi connectivity index (χ2v) is 5.60. The van der Waals surface area contributed by atoms with E-state index < -0.39 is 17.7 Å². The Morgan fingerprint density at radius 2 is 1.90 bits per heavy atom. The minimum atomic E-state index is -4.18. The van der Waals surface area contributed by atoms with Gasteiger partial charge in [-0.25, -0.2) is 0 Å². The van der Waals surface area contributed by atoms with E-state index in [1.54, 1.807) is 18.2 Å². The smallest absolute Gasteiger partial charge is 0.391 e. The van der Waals surface area contributed by atoms with Crippen molar-refractivity contribution in [1.29, 1.82) is 0 Å². The molecule has 0 heterocycles. The Labute approximate surface area is 120 Å². The molecule has 2 nitrogen and oxygen atoms in total. The third-order valence-corrected chi connectivity index (χ3v) is 4.28. The van der Waals surface area contributed by atoms with E-state index in [0.717, 1.165) is 0 Å². The largest absolute Gasteiger partial charge is 0.495 e. The predicted octanol–water partition coefficient (Wildman–Crippen LogP) is 4.29. The van der Waals surface area contributed by atoms with Gasteiger partial charge in [-0.2, -0.15) is 13.2 Å². The molecule has 1 aliphatic carbocycles. The van der Waals surface area contributed by atoms with Crippen LogP contribution in [0.4, 0.5) is 13.2 Å². The van der Waals surface area contributed by atoms with E-state index in [9.17, 15) is 18.3 Å². The molecular formula is C14H16ClF3O2. The first-order valence-corrected chi connectivity index (χ1v) is 6.77. The van der Waals surface area contributed by atoms with E-state index in [1.165, 1.54) is 7.11 Å². The Kier molecular flexibility index (Phi) is 4.21. The summed E-state index contributed by atoms with van der Waals surface area (Å²) in [6.07, 6.45) is -4.14. The summed E-state index contributed by atoms with van der Waals surface area (Å²) in [5.74, 6) is -0.910. The number of hydrogen-bond acceptors (Lipinski definition) is 2. The molecule has 1 aliphatic rings. The van der Waals surface area contributed by atoms with Crippen molar-refractivity contribution in [3.8, 4) is 5.75 Å². The highest BCUT2D eigenvalue weighted by molar-refractivity contribution is 6.32. The molecule has 0 spiro atoms. The highest BCUT2D eigenvalue weighted by atomic mass is 35.5. The van der Waals surface area contributed by atoms with E-state index in [0.29, 0.717) is 16.3 Å². The van der Waals surface area contributed by atoms with Gasteiger partial charge in [0.15, 0.2) is 0 Å². The van der Waals surface area contributed by atoms with Crippen LogP contribution in [-0.4, -0.2) is 18.4 Å². The lowest BCUT2D eigenvalue weighted by Gasteiger charge is -2.37. The third kappa shape index (κ3) is 3.04. The van der Waals surface area contributed by atoms with Gasteiger partial charge < -0.3 is 9.84 Å². The maximum absolute atomic E-state index is 12.6. The van der Waals surface area contributed by atoms with Crippen LogP contribution in [0.15, 0.2) is 18.2 Å². The standard InChI is InChI=1S/C14H16ClF3O2/c1-20-12-8-10(2-3-11(12)15)13(19)6-4-9(5-7-13)14(16,17)18/h2-3,8-9,19H,4-7H2,1H3. The fourth-order valence-electron chi connectivity index (χ4n) is 2.66. The predicted molar refractivity (Wildman–Crippen MR) is 69.9 cm³/mol. The molecule has 0 atom stereocenters. The van der Waals surface area contributed by atoms with Gasteiger partial charge in [0, 0.05) is 0 Å². The third-order valence-electron chi connectivity index (χ3n) is 3.96. The van der Waals surface area contributed by atoms with Crippen LogP contribution in [0.3, 0.4) is 0 Å². The van der Waals surface area contributed by atoms with Crippen molar-refractivity contribution in [1.82, 2.24) is 0 Å². The van der Waals surface area contributed by atoms with Crippen molar-refractivity contribution in [2.75, 3.05) is 7.11 Å². The van der Waals surface area contributed by atoms with Gasteiger partial charge in [-0.1, -0.05) is 17.7 Å². The summed E-state index contributed by atoms with van der Waals surface area (Å²) in [6, 6.07) is 4.82. The zero-order valence-electron chi connectivity index (χ0n) is 11.0. The van der Waals surface area contributed by atoms with Crippen molar-refractivity contribution in [3.05, 3.63) is 28.8 Å². The Balaban J connectivity index is 2.17. The van der Waals surface area contributed by atoms with Gasteiger partial charge in [-0.05, 0) is 43.4 Å². The van der Waals surface area contributed by atoms with Crippen LogP contribution < -0.4 is 4.74 Å². The molecule has 1 fully saturated rings. The molecule has 0 unspecified atom stereocenters. The highest BCUT2D eigenvalue weighted by Gasteiger charge is 2.45. The van der Waals surface area contributed by atoms with Crippen LogP contribution in [-0.2, 0) is 5.60 Å². The molecule has 0 bridgehead atoms. The van der Waals surface area contributed by atoms with Gasteiger partial charge in [-0.3, -0.25) is 0 Å². The summed E-state index contributed by atoms with van der Waals surface area (Å²) >= 11 is 5.91. The SMILES string of the molecule is COc1cc(C2(O)CCC(C(F)(F)F)CC2)ccc1Cl. The molecule has 0 radical (unpaired) electrons. The molecule has 1 saturated carbocycles. The van der Waals surface area contributed by atoms with Crippen molar-refractivity contribution in [3.63, 3.8) is 0 Å².